The van der Waals surface area contributed by atoms with E-state index in [0.29, 0.717) is 0 Å². The third-order valence-electron chi connectivity index (χ3n) is 2.88. The Bertz CT molecular complexity index is 649. The van der Waals surface area contributed by atoms with Gasteiger partial charge >= 0.3 is 0 Å². The van der Waals surface area contributed by atoms with Crippen LogP contribution >= 0.6 is 0 Å². The molecular weight excluding hydrogens is 276 g/mol. The summed E-state index contributed by atoms with van der Waals surface area (Å²) >= 11 is 0. The first kappa shape index (κ1) is 15.4. The van der Waals surface area contributed by atoms with E-state index in [0.717, 1.165) is 6.54 Å². The van der Waals surface area contributed by atoms with E-state index in [4.69, 9.17) is 0 Å². The molecule has 4 nitrogen and oxygen atoms in total. The molecule has 0 fully saturated rings. The van der Waals surface area contributed by atoms with Gasteiger partial charge in [-0.2, -0.15) is 0 Å². The summed E-state index contributed by atoms with van der Waals surface area (Å²) in [6.07, 6.45) is 6.90. The summed E-state index contributed by atoms with van der Waals surface area (Å²) in [7, 11) is 0. The summed E-state index contributed by atoms with van der Waals surface area (Å²) in [6, 6.07) is 19.6. The lowest BCUT2D eigenvalue weighted by molar-refractivity contribution is -0.688. The molecule has 0 amide bonds. The second-order valence-electron chi connectivity index (χ2n) is 4.56. The van der Waals surface area contributed by atoms with Crippen LogP contribution in [-0.2, 0) is 6.54 Å². The van der Waals surface area contributed by atoms with Crippen molar-refractivity contribution < 1.29 is 14.5 Å². The molecule has 1 aromatic carbocycles. The number of aromatic carboxylic acids is 1. The monoisotopic (exact) mass is 292 g/mol. The molecule has 2 heterocycles. The molecule has 22 heavy (non-hydrogen) atoms. The van der Waals surface area contributed by atoms with Gasteiger partial charge in [-0.25, -0.2) is 4.57 Å². The molecule has 0 unspecified atom stereocenters. The van der Waals surface area contributed by atoms with Gasteiger partial charge in [-0.3, -0.25) is 4.98 Å². The van der Waals surface area contributed by atoms with E-state index < -0.39 is 5.97 Å². The number of carboxylic acids is 1. The molecule has 110 valence electrons. The molecule has 0 aliphatic carbocycles. The number of pyridine rings is 2. The van der Waals surface area contributed by atoms with Gasteiger partial charge in [0.15, 0.2) is 18.9 Å². The predicted octanol–water partition coefficient (Wildman–Crippen LogP) is 1.47. The Hall–Kier alpha value is -3.01. The van der Waals surface area contributed by atoms with E-state index in [1.165, 1.54) is 24.0 Å². The number of carboxylic acid groups (broad SMARTS) is 1. The molecule has 0 aliphatic heterocycles. The lowest BCUT2D eigenvalue weighted by Gasteiger charge is -1.97. The molecule has 3 aromatic rings. The number of hydrogen-bond donors (Lipinski definition) is 0. The van der Waals surface area contributed by atoms with Crippen LogP contribution in [-0.4, -0.2) is 11.0 Å². The normalized spacial score (nSPS) is 9.45. The van der Waals surface area contributed by atoms with E-state index in [9.17, 15) is 9.90 Å². The largest absolute Gasteiger partial charge is 0.545 e. The molecule has 4 heteroatoms. The first-order valence-electron chi connectivity index (χ1n) is 6.85. The molecule has 0 N–H and O–H groups in total. The summed E-state index contributed by atoms with van der Waals surface area (Å²) in [6.45, 7) is 0.946. The van der Waals surface area contributed by atoms with Gasteiger partial charge in [0.2, 0.25) is 0 Å². The molecule has 0 aliphatic rings. The standard InChI is InChI=1S/C12H12N.C6H5NO2/c1-3-7-12(8-4-1)11-13-9-5-2-6-10-13;8-6(9)5-2-1-3-7-4-5/h1-10H,11H2;1-4H,(H,8,9)/q+1;/p-1. The highest BCUT2D eigenvalue weighted by Gasteiger charge is 1.98. The molecular formula is C18H16N2O2. The Labute approximate surface area is 129 Å². The van der Waals surface area contributed by atoms with Crippen LogP contribution in [0.3, 0.4) is 0 Å². The van der Waals surface area contributed by atoms with E-state index in [1.807, 2.05) is 24.3 Å². The average Bonchev–Trinajstić information content (AvgIpc) is 2.58. The number of carbonyl (C=O) groups is 1. The van der Waals surface area contributed by atoms with Crippen LogP contribution in [0.1, 0.15) is 15.9 Å². The summed E-state index contributed by atoms with van der Waals surface area (Å²) in [5.74, 6) is -1.19. The lowest BCUT2D eigenvalue weighted by atomic mass is 10.2. The van der Waals surface area contributed by atoms with Gasteiger partial charge in [0.25, 0.3) is 0 Å². The maximum absolute atomic E-state index is 10.0. The first-order chi connectivity index (χ1) is 10.8. The Kier molecular flexibility index (Phi) is 5.81. The van der Waals surface area contributed by atoms with Crippen LogP contribution in [0, 0.1) is 0 Å². The molecule has 2 aromatic heterocycles. The van der Waals surface area contributed by atoms with Gasteiger partial charge in [-0.1, -0.05) is 42.5 Å². The second kappa shape index (κ2) is 8.32. The second-order valence-corrected chi connectivity index (χ2v) is 4.56. The highest BCUT2D eigenvalue weighted by molar-refractivity contribution is 5.85. The number of carbonyl (C=O) groups excluding carboxylic acids is 1. The maximum Gasteiger partial charge on any atom is 0.173 e. The molecule has 0 bridgehead atoms. The van der Waals surface area contributed by atoms with Crippen LogP contribution < -0.4 is 9.67 Å². The van der Waals surface area contributed by atoms with Gasteiger partial charge in [0, 0.05) is 35.7 Å². The van der Waals surface area contributed by atoms with Crippen molar-refractivity contribution in [1.29, 1.82) is 0 Å². The van der Waals surface area contributed by atoms with Crippen molar-refractivity contribution >= 4 is 5.97 Å². The maximum atomic E-state index is 10.0. The Morgan fingerprint density at radius 1 is 0.955 bits per heavy atom. The number of benzene rings is 1. The van der Waals surface area contributed by atoms with Crippen LogP contribution in [0.4, 0.5) is 0 Å². The highest BCUT2D eigenvalue weighted by atomic mass is 16.4. The topological polar surface area (TPSA) is 56.9 Å². The third-order valence-corrected chi connectivity index (χ3v) is 2.88. The lowest BCUT2D eigenvalue weighted by Crippen LogP contribution is -2.32. The highest BCUT2D eigenvalue weighted by Crippen LogP contribution is 1.96. The number of hydrogen-bond acceptors (Lipinski definition) is 3. The van der Waals surface area contributed by atoms with Crippen molar-refractivity contribution in [2.45, 2.75) is 6.54 Å². The van der Waals surface area contributed by atoms with Crippen LogP contribution in [0.15, 0.2) is 85.5 Å². The van der Waals surface area contributed by atoms with Crippen LogP contribution in [0.2, 0.25) is 0 Å². The summed E-state index contributed by atoms with van der Waals surface area (Å²) in [5, 5.41) is 10.0. The fourth-order valence-electron chi connectivity index (χ4n) is 1.82. The molecule has 0 spiro atoms. The minimum Gasteiger partial charge on any atom is -0.545 e. The zero-order valence-corrected chi connectivity index (χ0v) is 12.0. The molecule has 3 rings (SSSR count). The van der Waals surface area contributed by atoms with Gasteiger partial charge in [-0.15, -0.1) is 0 Å². The van der Waals surface area contributed by atoms with E-state index in [-0.39, 0.29) is 5.56 Å². The molecule has 0 saturated carbocycles. The quantitative estimate of drug-likeness (QED) is 0.687. The van der Waals surface area contributed by atoms with Crippen molar-refractivity contribution in [3.05, 3.63) is 96.6 Å². The number of aromatic nitrogens is 2. The summed E-state index contributed by atoms with van der Waals surface area (Å²) in [4.78, 5) is 13.6. The van der Waals surface area contributed by atoms with E-state index in [1.54, 1.807) is 6.07 Å². The van der Waals surface area contributed by atoms with Gasteiger partial charge in [0.05, 0.1) is 5.97 Å². The zero-order chi connectivity index (χ0) is 15.6. The SMILES string of the molecule is O=C([O-])c1cccnc1.c1ccc(C[n+]2ccccc2)cc1. The fourth-order valence-corrected chi connectivity index (χ4v) is 1.82. The minimum absolute atomic E-state index is 0.109. The average molecular weight is 292 g/mol. The van der Waals surface area contributed by atoms with Crippen molar-refractivity contribution in [2.75, 3.05) is 0 Å². The Balaban J connectivity index is 0.000000172. The molecule has 0 saturated heterocycles. The van der Waals surface area contributed by atoms with Crippen LogP contribution in [0.5, 0.6) is 0 Å². The van der Waals surface area contributed by atoms with E-state index in [2.05, 4.69) is 46.2 Å². The molecule has 0 radical (unpaired) electrons. The summed E-state index contributed by atoms with van der Waals surface area (Å²) in [5.41, 5.74) is 1.44. The third kappa shape index (κ3) is 5.17. The smallest absolute Gasteiger partial charge is 0.173 e. The van der Waals surface area contributed by atoms with Crippen molar-refractivity contribution in [2.24, 2.45) is 0 Å². The van der Waals surface area contributed by atoms with E-state index >= 15 is 0 Å². The van der Waals surface area contributed by atoms with Crippen molar-refractivity contribution in [1.82, 2.24) is 4.98 Å². The van der Waals surface area contributed by atoms with Crippen LogP contribution in [0.25, 0.3) is 0 Å². The van der Waals surface area contributed by atoms with Gasteiger partial charge in [-0.05, 0) is 6.07 Å². The predicted molar refractivity (Wildman–Crippen MR) is 80.7 cm³/mol. The number of nitrogens with zero attached hydrogens (tertiary/aromatic N) is 2. The zero-order valence-electron chi connectivity index (χ0n) is 12.0. The van der Waals surface area contributed by atoms with Crippen molar-refractivity contribution in [3.8, 4) is 0 Å². The summed E-state index contributed by atoms with van der Waals surface area (Å²) < 4.78 is 2.16. The Morgan fingerprint density at radius 3 is 2.18 bits per heavy atom. The minimum atomic E-state index is -1.19. The van der Waals surface area contributed by atoms with Gasteiger partial charge in [0.1, 0.15) is 0 Å². The van der Waals surface area contributed by atoms with Crippen molar-refractivity contribution in [3.63, 3.8) is 0 Å². The fraction of sp³-hybridized carbons (Fsp3) is 0.0556. The van der Waals surface area contributed by atoms with Gasteiger partial charge < -0.3 is 9.90 Å². The number of rotatable bonds is 3. The Morgan fingerprint density at radius 2 is 1.64 bits per heavy atom. The molecule has 0 atom stereocenters. The first-order valence-corrected chi connectivity index (χ1v) is 6.85.